The predicted molar refractivity (Wildman–Crippen MR) is 76.9 cm³/mol. The molecule has 1 aliphatic heterocycles. The molecule has 0 bridgehead atoms. The maximum Gasteiger partial charge on any atom is 0.301 e. The molecule has 0 unspecified atom stereocenters. The van der Waals surface area contributed by atoms with E-state index in [2.05, 4.69) is 9.88 Å². The minimum atomic E-state index is -3.55. The number of rotatable bonds is 4. The summed E-state index contributed by atoms with van der Waals surface area (Å²) in [5.74, 6) is -0.0657. The Morgan fingerprint density at radius 3 is 2.65 bits per heavy atom. The molecule has 0 spiro atoms. The van der Waals surface area contributed by atoms with Gasteiger partial charge in [-0.25, -0.2) is 0 Å². The van der Waals surface area contributed by atoms with Crippen molar-refractivity contribution in [3.63, 3.8) is 0 Å². The van der Waals surface area contributed by atoms with Crippen LogP contribution >= 0.6 is 0 Å². The van der Waals surface area contributed by atoms with Gasteiger partial charge in [0, 0.05) is 18.7 Å². The van der Waals surface area contributed by atoms with Crippen LogP contribution in [0.4, 0.5) is 5.69 Å². The fourth-order valence-corrected chi connectivity index (χ4v) is 3.41. The molecule has 0 amide bonds. The van der Waals surface area contributed by atoms with Gasteiger partial charge in [0.1, 0.15) is 0 Å². The lowest BCUT2D eigenvalue weighted by Crippen LogP contribution is -2.39. The van der Waals surface area contributed by atoms with Crippen molar-refractivity contribution in [1.29, 1.82) is 0 Å². The molecule has 4 N–H and O–H groups in total. The Morgan fingerprint density at radius 2 is 2.00 bits per heavy atom. The number of piperidine rings is 1. The van der Waals surface area contributed by atoms with Crippen molar-refractivity contribution in [3.8, 4) is 0 Å². The van der Waals surface area contributed by atoms with Crippen LogP contribution in [0.1, 0.15) is 24.8 Å². The lowest BCUT2D eigenvalue weighted by molar-refractivity contribution is 0.318. The molecule has 1 saturated heterocycles. The van der Waals surface area contributed by atoms with Crippen molar-refractivity contribution in [2.45, 2.75) is 19.3 Å². The van der Waals surface area contributed by atoms with Crippen LogP contribution < -0.4 is 10.5 Å². The van der Waals surface area contributed by atoms with Crippen LogP contribution in [0.15, 0.2) is 29.4 Å². The minimum Gasteiger partial charge on any atom is -0.409 e. The third kappa shape index (κ3) is 3.40. The van der Waals surface area contributed by atoms with Crippen molar-refractivity contribution >= 4 is 21.7 Å². The van der Waals surface area contributed by atoms with Crippen LogP contribution in [0, 0.1) is 0 Å². The van der Waals surface area contributed by atoms with Gasteiger partial charge in [0.05, 0.1) is 5.69 Å². The van der Waals surface area contributed by atoms with E-state index in [4.69, 9.17) is 10.9 Å². The zero-order valence-electron chi connectivity index (χ0n) is 11.0. The molecule has 0 saturated carbocycles. The van der Waals surface area contributed by atoms with E-state index in [1.54, 1.807) is 18.2 Å². The van der Waals surface area contributed by atoms with E-state index in [0.29, 0.717) is 24.3 Å². The van der Waals surface area contributed by atoms with Crippen molar-refractivity contribution < 1.29 is 13.6 Å². The van der Waals surface area contributed by atoms with Gasteiger partial charge in [0.2, 0.25) is 0 Å². The minimum absolute atomic E-state index is 0.0657. The predicted octanol–water partition coefficient (Wildman–Crippen LogP) is 0.924. The Morgan fingerprint density at radius 1 is 1.30 bits per heavy atom. The third-order valence-electron chi connectivity index (χ3n) is 3.17. The van der Waals surface area contributed by atoms with Crippen molar-refractivity contribution in [2.75, 3.05) is 17.8 Å². The van der Waals surface area contributed by atoms with Crippen LogP contribution in [0.5, 0.6) is 0 Å². The fourth-order valence-electron chi connectivity index (χ4n) is 2.12. The highest BCUT2D eigenvalue weighted by Crippen LogP contribution is 2.17. The topological polar surface area (TPSA) is 108 Å². The number of benzene rings is 1. The summed E-state index contributed by atoms with van der Waals surface area (Å²) in [7, 11) is -3.55. The number of nitrogens with two attached hydrogens (primary N) is 1. The SMILES string of the molecule is N/C(=N/O)c1cccc(NS(=O)(=O)N2CCCCC2)c1. The summed E-state index contributed by atoms with van der Waals surface area (Å²) in [6.45, 7) is 1.07. The first-order chi connectivity index (χ1) is 9.53. The molecule has 1 fully saturated rings. The Bertz CT molecular complexity index is 594. The van der Waals surface area contributed by atoms with E-state index in [1.165, 1.54) is 10.4 Å². The molecule has 7 nitrogen and oxygen atoms in total. The van der Waals surface area contributed by atoms with E-state index in [1.807, 2.05) is 0 Å². The Kier molecular flexibility index (Phi) is 4.46. The van der Waals surface area contributed by atoms with Crippen LogP contribution in [0.3, 0.4) is 0 Å². The number of oxime groups is 1. The van der Waals surface area contributed by atoms with E-state index in [9.17, 15) is 8.42 Å². The van der Waals surface area contributed by atoms with Gasteiger partial charge >= 0.3 is 10.2 Å². The number of hydrogen-bond acceptors (Lipinski definition) is 4. The highest BCUT2D eigenvalue weighted by Gasteiger charge is 2.23. The Hall–Kier alpha value is -1.80. The first kappa shape index (κ1) is 14.6. The monoisotopic (exact) mass is 298 g/mol. The first-order valence-corrected chi connectivity index (χ1v) is 7.83. The molecular weight excluding hydrogens is 280 g/mol. The molecule has 0 aliphatic carbocycles. The Labute approximate surface area is 118 Å². The van der Waals surface area contributed by atoms with Crippen LogP contribution in [0.2, 0.25) is 0 Å². The summed E-state index contributed by atoms with van der Waals surface area (Å²) >= 11 is 0. The molecule has 20 heavy (non-hydrogen) atoms. The van der Waals surface area contributed by atoms with Gasteiger partial charge in [0.15, 0.2) is 5.84 Å². The zero-order valence-corrected chi connectivity index (χ0v) is 11.8. The highest BCUT2D eigenvalue weighted by atomic mass is 32.2. The summed E-state index contributed by atoms with van der Waals surface area (Å²) in [6.07, 6.45) is 2.82. The number of nitrogens with zero attached hydrogens (tertiary/aromatic N) is 2. The second-order valence-corrected chi connectivity index (χ2v) is 6.30. The number of amidine groups is 1. The first-order valence-electron chi connectivity index (χ1n) is 6.39. The van der Waals surface area contributed by atoms with Gasteiger partial charge in [-0.3, -0.25) is 4.72 Å². The number of hydrogen-bond donors (Lipinski definition) is 3. The summed E-state index contributed by atoms with van der Waals surface area (Å²) in [5.41, 5.74) is 6.32. The molecule has 1 heterocycles. The largest absolute Gasteiger partial charge is 0.409 e. The van der Waals surface area contributed by atoms with Gasteiger partial charge in [-0.05, 0) is 25.0 Å². The molecule has 0 aromatic heterocycles. The normalized spacial score (nSPS) is 17.9. The molecule has 0 radical (unpaired) electrons. The third-order valence-corrected chi connectivity index (χ3v) is 4.71. The molecule has 8 heteroatoms. The highest BCUT2D eigenvalue weighted by molar-refractivity contribution is 7.90. The lowest BCUT2D eigenvalue weighted by atomic mass is 10.2. The quantitative estimate of drug-likeness (QED) is 0.332. The van der Waals surface area contributed by atoms with E-state index >= 15 is 0 Å². The number of nitrogens with one attached hydrogen (secondary N) is 1. The van der Waals surface area contributed by atoms with E-state index in [-0.39, 0.29) is 5.84 Å². The average Bonchev–Trinajstić information content (AvgIpc) is 2.47. The van der Waals surface area contributed by atoms with Crippen molar-refractivity contribution in [2.24, 2.45) is 10.9 Å². The summed E-state index contributed by atoms with van der Waals surface area (Å²) < 4.78 is 28.4. The van der Waals surface area contributed by atoms with Gasteiger partial charge in [0.25, 0.3) is 0 Å². The van der Waals surface area contributed by atoms with Gasteiger partial charge in [-0.1, -0.05) is 23.7 Å². The molecule has 110 valence electrons. The molecule has 1 aliphatic rings. The Balaban J connectivity index is 2.16. The van der Waals surface area contributed by atoms with Crippen LogP contribution in [-0.2, 0) is 10.2 Å². The zero-order chi connectivity index (χ0) is 14.6. The maximum atomic E-state index is 12.2. The summed E-state index contributed by atoms with van der Waals surface area (Å²) in [5, 5.41) is 11.5. The molecule has 1 aromatic rings. The van der Waals surface area contributed by atoms with Crippen molar-refractivity contribution in [1.82, 2.24) is 4.31 Å². The average molecular weight is 298 g/mol. The fraction of sp³-hybridized carbons (Fsp3) is 0.417. The molecular formula is C12H18N4O3S. The molecule has 1 aromatic carbocycles. The van der Waals surface area contributed by atoms with Gasteiger partial charge in [-0.15, -0.1) is 0 Å². The maximum absolute atomic E-state index is 12.2. The van der Waals surface area contributed by atoms with Crippen LogP contribution in [-0.4, -0.2) is 36.9 Å². The standard InChI is InChI=1S/C12H18N4O3S/c13-12(14-17)10-5-4-6-11(9-10)15-20(18,19)16-7-2-1-3-8-16/h4-6,9,15,17H,1-3,7-8H2,(H2,13,14). The second-order valence-electron chi connectivity index (χ2n) is 4.63. The smallest absolute Gasteiger partial charge is 0.301 e. The van der Waals surface area contributed by atoms with Gasteiger partial charge in [-0.2, -0.15) is 12.7 Å². The van der Waals surface area contributed by atoms with Crippen molar-refractivity contribution in [3.05, 3.63) is 29.8 Å². The van der Waals surface area contributed by atoms with E-state index < -0.39 is 10.2 Å². The number of anilines is 1. The summed E-state index contributed by atoms with van der Waals surface area (Å²) in [4.78, 5) is 0. The molecule has 0 atom stereocenters. The van der Waals surface area contributed by atoms with E-state index in [0.717, 1.165) is 19.3 Å². The van der Waals surface area contributed by atoms with Crippen LogP contribution in [0.25, 0.3) is 0 Å². The summed E-state index contributed by atoms with van der Waals surface area (Å²) in [6, 6.07) is 6.42. The molecule has 2 rings (SSSR count). The lowest BCUT2D eigenvalue weighted by Gasteiger charge is -2.26. The second kappa shape index (κ2) is 6.10. The van der Waals surface area contributed by atoms with Gasteiger partial charge < -0.3 is 10.9 Å².